The molecule has 0 radical (unpaired) electrons. The molecule has 2 aliphatic heterocycles. The molecule has 0 saturated carbocycles. The number of hydrogen-bond donors (Lipinski definition) is 0. The number of amides is 1. The summed E-state index contributed by atoms with van der Waals surface area (Å²) in [6.07, 6.45) is 0. The predicted octanol–water partition coefficient (Wildman–Crippen LogP) is 3.34. The van der Waals surface area contributed by atoms with Crippen LogP contribution in [0.5, 0.6) is 0 Å². The first kappa shape index (κ1) is 19.5. The van der Waals surface area contributed by atoms with Crippen molar-refractivity contribution in [1.82, 2.24) is 4.90 Å². The highest BCUT2D eigenvalue weighted by Gasteiger charge is 2.59. The van der Waals surface area contributed by atoms with Crippen molar-refractivity contribution < 1.29 is 14.3 Å². The van der Waals surface area contributed by atoms with Gasteiger partial charge in [-0.15, -0.1) is 11.6 Å². The number of thioether (sulfide) groups is 1. The van der Waals surface area contributed by atoms with Crippen molar-refractivity contribution in [3.8, 4) is 0 Å². The lowest BCUT2D eigenvalue weighted by Crippen LogP contribution is -2.66. The van der Waals surface area contributed by atoms with Crippen LogP contribution in [0.3, 0.4) is 0 Å². The van der Waals surface area contributed by atoms with Gasteiger partial charge in [0.05, 0.1) is 7.11 Å². The number of β-lactam (4-membered cyclic amide) rings is 1. The monoisotopic (exact) mass is 432 g/mol. The van der Waals surface area contributed by atoms with Gasteiger partial charge < -0.3 is 9.64 Å². The number of carbonyl (C=O) groups excluding carboxylic acids is 2. The largest absolute Gasteiger partial charge is 0.467 e. The number of alkyl halides is 3. The van der Waals surface area contributed by atoms with Gasteiger partial charge in [0.2, 0.25) is 0 Å². The Morgan fingerprint density at radius 3 is 2.65 bits per heavy atom. The Bertz CT molecular complexity index is 769. The number of ether oxygens (including phenoxy) is 1. The average molecular weight is 434 g/mol. The predicted molar refractivity (Wildman–Crippen MR) is 105 cm³/mol. The third kappa shape index (κ3) is 3.13. The molecule has 1 amide bonds. The highest BCUT2D eigenvalue weighted by molar-refractivity contribution is 8.15. The van der Waals surface area contributed by atoms with Gasteiger partial charge in [0.1, 0.15) is 10.4 Å². The molecule has 9 heteroatoms. The number of esters is 1. The van der Waals surface area contributed by atoms with Crippen molar-refractivity contribution in [2.24, 2.45) is 4.99 Å². The van der Waals surface area contributed by atoms with Crippen LogP contribution in [0.2, 0.25) is 0 Å². The molecule has 2 aliphatic rings. The molecule has 2 heterocycles. The number of hydrogen-bond acceptors (Lipinski definition) is 5. The molecule has 5 nitrogen and oxygen atoms in total. The Balaban J connectivity index is 1.85. The Morgan fingerprint density at radius 1 is 1.42 bits per heavy atom. The molecule has 3 rings (SSSR count). The van der Waals surface area contributed by atoms with Crippen molar-refractivity contribution in [2.45, 2.75) is 21.8 Å². The van der Waals surface area contributed by atoms with Crippen LogP contribution in [0.4, 0.5) is 0 Å². The molecule has 138 valence electrons. The van der Waals surface area contributed by atoms with E-state index < -0.39 is 27.8 Å². The average Bonchev–Trinajstić information content (AvgIpc) is 3.06. The first-order valence-electron chi connectivity index (χ1n) is 7.64. The van der Waals surface area contributed by atoms with E-state index in [-0.39, 0.29) is 11.8 Å². The lowest BCUT2D eigenvalue weighted by atomic mass is 10.00. The molecule has 1 fully saturated rings. The standard InChI is InChI=1S/C17H15Cl3N2O3S/c1-9(8-18)12(15(24)25-2)22-13(23)11-14(22)26-16(21-11)17(19,20)10-6-4-3-5-7-10/h3-7,11-12,14H,1,8H2,2H3. The molecule has 3 unspecified atom stereocenters. The number of methoxy groups -OCH3 is 1. The van der Waals surface area contributed by atoms with Crippen LogP contribution in [0.1, 0.15) is 5.56 Å². The molecule has 1 saturated heterocycles. The summed E-state index contributed by atoms with van der Waals surface area (Å²) in [7, 11) is 1.25. The van der Waals surface area contributed by atoms with E-state index in [2.05, 4.69) is 11.6 Å². The first-order chi connectivity index (χ1) is 12.3. The van der Waals surface area contributed by atoms with Gasteiger partial charge in [0, 0.05) is 5.88 Å². The van der Waals surface area contributed by atoms with Crippen molar-refractivity contribution in [1.29, 1.82) is 0 Å². The minimum absolute atomic E-state index is 0.0261. The molecule has 0 bridgehead atoms. The maximum absolute atomic E-state index is 12.6. The smallest absolute Gasteiger partial charge is 0.333 e. The summed E-state index contributed by atoms with van der Waals surface area (Å²) in [6.45, 7) is 3.78. The molecule has 3 atom stereocenters. The summed E-state index contributed by atoms with van der Waals surface area (Å²) in [5, 5.41) is 0.0140. The lowest BCUT2D eigenvalue weighted by Gasteiger charge is -2.45. The number of aliphatic imine (C=N–C) groups is 1. The number of carbonyl (C=O) groups is 2. The number of halogens is 3. The third-order valence-electron chi connectivity index (χ3n) is 4.21. The van der Waals surface area contributed by atoms with E-state index in [1.807, 2.05) is 18.2 Å². The van der Waals surface area contributed by atoms with Crippen molar-refractivity contribution in [2.75, 3.05) is 13.0 Å². The molecular formula is C17H15Cl3N2O3S. The SMILES string of the molecule is C=C(CCl)C(C(=O)OC)N1C(=O)C2N=C(C(Cl)(Cl)c3ccccc3)SC21. The number of likely N-dealkylation sites (tertiary alicyclic amines) is 1. The number of rotatable bonds is 6. The minimum Gasteiger partial charge on any atom is -0.467 e. The molecule has 26 heavy (non-hydrogen) atoms. The summed E-state index contributed by atoms with van der Waals surface area (Å²) >= 11 is 20.1. The second-order valence-electron chi connectivity index (χ2n) is 5.79. The van der Waals surface area contributed by atoms with Crippen LogP contribution in [0.25, 0.3) is 0 Å². The molecule has 0 spiro atoms. The highest BCUT2D eigenvalue weighted by atomic mass is 35.5. The number of fused-ring (bicyclic) bond motifs is 1. The lowest BCUT2D eigenvalue weighted by molar-refractivity contribution is -0.159. The molecule has 1 aromatic rings. The van der Waals surface area contributed by atoms with Gasteiger partial charge in [-0.25, -0.2) is 4.79 Å². The molecule has 1 aromatic carbocycles. The van der Waals surface area contributed by atoms with Crippen molar-refractivity contribution in [3.05, 3.63) is 48.0 Å². The molecule has 0 aromatic heterocycles. The maximum atomic E-state index is 12.6. The number of nitrogens with zero attached hydrogens (tertiary/aromatic N) is 2. The summed E-state index contributed by atoms with van der Waals surface area (Å²) in [4.78, 5) is 30.5. The Morgan fingerprint density at radius 2 is 2.08 bits per heavy atom. The van der Waals surface area contributed by atoms with Gasteiger partial charge in [-0.2, -0.15) is 0 Å². The molecular weight excluding hydrogens is 419 g/mol. The zero-order valence-corrected chi connectivity index (χ0v) is 16.8. The van der Waals surface area contributed by atoms with Gasteiger partial charge in [0.25, 0.3) is 5.91 Å². The Labute approximate surface area is 170 Å². The van der Waals surface area contributed by atoms with Crippen LogP contribution in [-0.4, -0.2) is 52.3 Å². The van der Waals surface area contributed by atoms with E-state index in [0.29, 0.717) is 16.2 Å². The summed E-state index contributed by atoms with van der Waals surface area (Å²) in [6, 6.07) is 7.48. The third-order valence-corrected chi connectivity index (χ3v) is 6.93. The fraction of sp³-hybridized carbons (Fsp3) is 0.353. The van der Waals surface area contributed by atoms with E-state index in [0.717, 1.165) is 0 Å². The van der Waals surface area contributed by atoms with Gasteiger partial charge in [0.15, 0.2) is 16.4 Å². The first-order valence-corrected chi connectivity index (χ1v) is 9.81. The Hall–Kier alpha value is -1.21. The van der Waals surface area contributed by atoms with E-state index >= 15 is 0 Å². The van der Waals surface area contributed by atoms with Gasteiger partial charge in [-0.3, -0.25) is 9.79 Å². The van der Waals surface area contributed by atoms with Gasteiger partial charge in [-0.1, -0.05) is 71.9 Å². The van der Waals surface area contributed by atoms with Crippen LogP contribution >= 0.6 is 46.6 Å². The zero-order valence-electron chi connectivity index (χ0n) is 13.7. The van der Waals surface area contributed by atoms with Crippen LogP contribution in [-0.2, 0) is 18.7 Å². The topological polar surface area (TPSA) is 59.0 Å². The Kier molecular flexibility index (Phi) is 5.58. The summed E-state index contributed by atoms with van der Waals surface area (Å²) < 4.78 is 3.43. The number of benzene rings is 1. The highest BCUT2D eigenvalue weighted by Crippen LogP contribution is 2.49. The van der Waals surface area contributed by atoms with E-state index in [9.17, 15) is 9.59 Å². The normalized spacial score (nSPS) is 23.0. The van der Waals surface area contributed by atoms with Crippen LogP contribution in [0, 0.1) is 0 Å². The quantitative estimate of drug-likeness (QED) is 0.299. The maximum Gasteiger partial charge on any atom is 0.333 e. The van der Waals surface area contributed by atoms with E-state index in [1.54, 1.807) is 12.1 Å². The second kappa shape index (κ2) is 7.43. The summed E-state index contributed by atoms with van der Waals surface area (Å²) in [5.41, 5.74) is 1.04. The van der Waals surface area contributed by atoms with Crippen LogP contribution in [0.15, 0.2) is 47.5 Å². The second-order valence-corrected chi connectivity index (χ2v) is 8.49. The van der Waals surface area contributed by atoms with E-state index in [1.165, 1.54) is 23.8 Å². The minimum atomic E-state index is -1.38. The fourth-order valence-electron chi connectivity index (χ4n) is 2.84. The fourth-order valence-corrected chi connectivity index (χ4v) is 4.92. The van der Waals surface area contributed by atoms with Crippen molar-refractivity contribution in [3.63, 3.8) is 0 Å². The van der Waals surface area contributed by atoms with E-state index in [4.69, 9.17) is 39.5 Å². The van der Waals surface area contributed by atoms with Crippen molar-refractivity contribution >= 4 is 63.5 Å². The molecule has 0 N–H and O–H groups in total. The van der Waals surface area contributed by atoms with Crippen LogP contribution < -0.4 is 0 Å². The van der Waals surface area contributed by atoms with Gasteiger partial charge >= 0.3 is 5.97 Å². The zero-order chi connectivity index (χ0) is 19.1. The van der Waals surface area contributed by atoms with Gasteiger partial charge in [-0.05, 0) is 11.1 Å². The molecule has 0 aliphatic carbocycles. The summed E-state index contributed by atoms with van der Waals surface area (Å²) in [5.74, 6) is -0.878.